The molecule has 0 radical (unpaired) electrons. The van der Waals surface area contributed by atoms with Gasteiger partial charge in [0.05, 0.1) is 13.3 Å². The van der Waals surface area contributed by atoms with Gasteiger partial charge in [-0.1, -0.05) is 23.4 Å². The van der Waals surface area contributed by atoms with Crippen LogP contribution in [0.15, 0.2) is 53.7 Å². The average Bonchev–Trinajstić information content (AvgIpc) is 2.41. The van der Waals surface area contributed by atoms with Gasteiger partial charge in [0.25, 0.3) is 0 Å². The Morgan fingerprint density at radius 2 is 1.83 bits per heavy atom. The van der Waals surface area contributed by atoms with Gasteiger partial charge in [-0.2, -0.15) is 0 Å². The highest BCUT2D eigenvalue weighted by Gasteiger charge is 2.04. The maximum atomic E-state index is 8.59. The molecule has 0 bridgehead atoms. The van der Waals surface area contributed by atoms with E-state index in [9.17, 15) is 0 Å². The first-order valence-corrected chi connectivity index (χ1v) is 5.42. The first-order chi connectivity index (χ1) is 8.83. The number of rotatable bonds is 4. The molecule has 0 atom stereocenters. The van der Waals surface area contributed by atoms with Crippen molar-refractivity contribution < 1.29 is 14.7 Å². The van der Waals surface area contributed by atoms with Crippen LogP contribution >= 0.6 is 0 Å². The first kappa shape index (κ1) is 12.0. The Kier molecular flexibility index (Phi) is 3.81. The maximum Gasteiger partial charge on any atom is 0.128 e. The van der Waals surface area contributed by atoms with E-state index in [0.717, 1.165) is 5.75 Å². The van der Waals surface area contributed by atoms with Gasteiger partial charge < -0.3 is 14.7 Å². The molecule has 0 fully saturated rings. The van der Waals surface area contributed by atoms with E-state index in [1.54, 1.807) is 25.3 Å². The van der Waals surface area contributed by atoms with Gasteiger partial charge in [-0.15, -0.1) is 0 Å². The maximum absolute atomic E-state index is 8.59. The Morgan fingerprint density at radius 1 is 1.06 bits per heavy atom. The van der Waals surface area contributed by atoms with Crippen LogP contribution in [-0.4, -0.2) is 18.5 Å². The summed E-state index contributed by atoms with van der Waals surface area (Å²) in [6.07, 6.45) is 1.30. The molecule has 0 aliphatic heterocycles. The lowest BCUT2D eigenvalue weighted by Crippen LogP contribution is -1.92. The molecule has 0 amide bonds. The highest BCUT2D eigenvalue weighted by Crippen LogP contribution is 2.26. The standard InChI is InChI=1S/C14H13NO3/c1-17-14-8-7-13(9-11(14)10-15-16)18-12-5-3-2-4-6-12/h2-10,16H,1H3. The Balaban J connectivity index is 2.27. The summed E-state index contributed by atoms with van der Waals surface area (Å²) in [5.41, 5.74) is 0.647. The summed E-state index contributed by atoms with van der Waals surface area (Å²) in [4.78, 5) is 0. The van der Waals surface area contributed by atoms with Crippen molar-refractivity contribution in [3.63, 3.8) is 0 Å². The molecule has 2 aromatic carbocycles. The Hall–Kier alpha value is -2.49. The molecule has 2 rings (SSSR count). The number of nitrogens with zero attached hydrogens (tertiary/aromatic N) is 1. The summed E-state index contributed by atoms with van der Waals surface area (Å²) >= 11 is 0. The van der Waals surface area contributed by atoms with Gasteiger partial charge >= 0.3 is 0 Å². The molecule has 92 valence electrons. The average molecular weight is 243 g/mol. The molecule has 0 spiro atoms. The number of hydrogen-bond acceptors (Lipinski definition) is 4. The lowest BCUT2D eigenvalue weighted by atomic mass is 10.2. The summed E-state index contributed by atoms with van der Waals surface area (Å²) in [6, 6.07) is 14.7. The largest absolute Gasteiger partial charge is 0.496 e. The van der Waals surface area contributed by atoms with E-state index >= 15 is 0 Å². The van der Waals surface area contributed by atoms with E-state index in [-0.39, 0.29) is 0 Å². The van der Waals surface area contributed by atoms with Gasteiger partial charge in [0, 0.05) is 5.56 Å². The van der Waals surface area contributed by atoms with Gasteiger partial charge in [0.1, 0.15) is 17.2 Å². The van der Waals surface area contributed by atoms with Gasteiger partial charge in [-0.05, 0) is 30.3 Å². The second-order valence-electron chi connectivity index (χ2n) is 3.56. The summed E-state index contributed by atoms with van der Waals surface area (Å²) in [7, 11) is 1.56. The zero-order valence-electron chi connectivity index (χ0n) is 9.91. The zero-order chi connectivity index (χ0) is 12.8. The second-order valence-corrected chi connectivity index (χ2v) is 3.56. The number of ether oxygens (including phenoxy) is 2. The summed E-state index contributed by atoms with van der Waals surface area (Å²) in [5.74, 6) is 2.01. The van der Waals surface area contributed by atoms with Crippen molar-refractivity contribution in [2.75, 3.05) is 7.11 Å². The Morgan fingerprint density at radius 3 is 2.50 bits per heavy atom. The molecule has 18 heavy (non-hydrogen) atoms. The van der Waals surface area contributed by atoms with E-state index in [4.69, 9.17) is 14.7 Å². The van der Waals surface area contributed by atoms with Gasteiger partial charge in [-0.25, -0.2) is 0 Å². The topological polar surface area (TPSA) is 51.0 Å². The highest BCUT2D eigenvalue weighted by atomic mass is 16.5. The predicted molar refractivity (Wildman–Crippen MR) is 68.9 cm³/mol. The van der Waals surface area contributed by atoms with Crippen LogP contribution in [-0.2, 0) is 0 Å². The van der Waals surface area contributed by atoms with Crippen molar-refractivity contribution in [2.24, 2.45) is 5.16 Å². The van der Waals surface area contributed by atoms with E-state index in [2.05, 4.69) is 5.16 Å². The fraction of sp³-hybridized carbons (Fsp3) is 0.0714. The predicted octanol–water partition coefficient (Wildman–Crippen LogP) is 3.30. The number of methoxy groups -OCH3 is 1. The minimum absolute atomic E-state index is 0.619. The first-order valence-electron chi connectivity index (χ1n) is 5.42. The number of hydrogen-bond donors (Lipinski definition) is 1. The van der Waals surface area contributed by atoms with Crippen LogP contribution in [0.4, 0.5) is 0 Å². The van der Waals surface area contributed by atoms with Crippen molar-refractivity contribution in [3.05, 3.63) is 54.1 Å². The number of benzene rings is 2. The normalized spacial score (nSPS) is 10.5. The molecule has 0 aromatic heterocycles. The van der Waals surface area contributed by atoms with Crippen LogP contribution in [0.3, 0.4) is 0 Å². The lowest BCUT2D eigenvalue weighted by Gasteiger charge is -2.08. The van der Waals surface area contributed by atoms with Crippen molar-refractivity contribution in [3.8, 4) is 17.2 Å². The number of para-hydroxylation sites is 1. The molecule has 2 aromatic rings. The van der Waals surface area contributed by atoms with Crippen LogP contribution in [0.25, 0.3) is 0 Å². The van der Waals surface area contributed by atoms with Gasteiger partial charge in [0.15, 0.2) is 0 Å². The minimum Gasteiger partial charge on any atom is -0.496 e. The highest BCUT2D eigenvalue weighted by molar-refractivity contribution is 5.83. The van der Waals surface area contributed by atoms with Crippen molar-refractivity contribution in [1.82, 2.24) is 0 Å². The molecular weight excluding hydrogens is 230 g/mol. The van der Waals surface area contributed by atoms with E-state index < -0.39 is 0 Å². The smallest absolute Gasteiger partial charge is 0.128 e. The van der Waals surface area contributed by atoms with Crippen LogP contribution < -0.4 is 9.47 Å². The van der Waals surface area contributed by atoms with Crippen molar-refractivity contribution >= 4 is 6.21 Å². The second kappa shape index (κ2) is 5.72. The third-order valence-corrected chi connectivity index (χ3v) is 2.38. The molecule has 1 N–H and O–H groups in total. The third kappa shape index (κ3) is 2.79. The molecule has 4 heteroatoms. The van der Waals surface area contributed by atoms with Crippen LogP contribution in [0.2, 0.25) is 0 Å². The van der Waals surface area contributed by atoms with Gasteiger partial charge in [0.2, 0.25) is 0 Å². The molecule has 0 aliphatic carbocycles. The van der Waals surface area contributed by atoms with E-state index in [1.165, 1.54) is 6.21 Å². The molecular formula is C14H13NO3. The summed E-state index contributed by atoms with van der Waals surface area (Å²) in [6.45, 7) is 0. The molecule has 0 heterocycles. The Bertz CT molecular complexity index is 538. The number of oxime groups is 1. The molecule has 0 aliphatic rings. The fourth-order valence-electron chi connectivity index (χ4n) is 1.56. The summed E-state index contributed by atoms with van der Waals surface area (Å²) in [5, 5.41) is 11.6. The minimum atomic E-state index is 0.619. The van der Waals surface area contributed by atoms with Crippen molar-refractivity contribution in [2.45, 2.75) is 0 Å². The van der Waals surface area contributed by atoms with E-state index in [0.29, 0.717) is 17.1 Å². The van der Waals surface area contributed by atoms with Crippen LogP contribution in [0, 0.1) is 0 Å². The van der Waals surface area contributed by atoms with Crippen molar-refractivity contribution in [1.29, 1.82) is 0 Å². The van der Waals surface area contributed by atoms with E-state index in [1.807, 2.05) is 30.3 Å². The van der Waals surface area contributed by atoms with Gasteiger partial charge in [-0.3, -0.25) is 0 Å². The lowest BCUT2D eigenvalue weighted by molar-refractivity contribution is 0.321. The van der Waals surface area contributed by atoms with Crippen LogP contribution in [0.5, 0.6) is 17.2 Å². The third-order valence-electron chi connectivity index (χ3n) is 2.38. The molecule has 0 saturated carbocycles. The van der Waals surface area contributed by atoms with Crippen LogP contribution in [0.1, 0.15) is 5.56 Å². The molecule has 0 saturated heterocycles. The quantitative estimate of drug-likeness (QED) is 0.509. The SMILES string of the molecule is COc1ccc(Oc2ccccc2)cc1C=NO. The molecule has 4 nitrogen and oxygen atoms in total. The fourth-order valence-corrected chi connectivity index (χ4v) is 1.56. The molecule has 0 unspecified atom stereocenters. The monoisotopic (exact) mass is 243 g/mol. The summed E-state index contributed by atoms with van der Waals surface area (Å²) < 4.78 is 10.8. The zero-order valence-corrected chi connectivity index (χ0v) is 9.91. The Labute approximate surface area is 105 Å².